The van der Waals surface area contributed by atoms with Gasteiger partial charge in [-0.15, -0.1) is 0 Å². The molecule has 0 saturated carbocycles. The average Bonchev–Trinajstić information content (AvgIpc) is 2.59. The zero-order chi connectivity index (χ0) is 18.1. The van der Waals surface area contributed by atoms with E-state index in [1.165, 1.54) is 33.4 Å². The molecule has 0 fully saturated rings. The van der Waals surface area contributed by atoms with Crippen LogP contribution in [0.4, 0.5) is 0 Å². The fourth-order valence-electron chi connectivity index (χ4n) is 3.32. The summed E-state index contributed by atoms with van der Waals surface area (Å²) < 4.78 is 4.69. The van der Waals surface area contributed by atoms with E-state index in [0.29, 0.717) is 0 Å². The predicted octanol–water partition coefficient (Wildman–Crippen LogP) is 4.05. The zero-order valence-electron chi connectivity index (χ0n) is 16.1. The maximum absolute atomic E-state index is 2.37. The Hall–Kier alpha value is -1.78. The molecule has 0 amide bonds. The first-order chi connectivity index (χ1) is 11.9. The van der Waals surface area contributed by atoms with Gasteiger partial charge in [-0.1, -0.05) is 0 Å². The Bertz CT molecular complexity index is 799. The van der Waals surface area contributed by atoms with Gasteiger partial charge in [-0.25, -0.2) is 0 Å². The normalized spacial score (nSPS) is 11.2. The average molecular weight is 390 g/mol. The van der Waals surface area contributed by atoms with E-state index in [4.69, 9.17) is 0 Å². The summed E-state index contributed by atoms with van der Waals surface area (Å²) in [5.74, 6) is 0. The van der Waals surface area contributed by atoms with Crippen LogP contribution in [0.25, 0.3) is 0 Å². The van der Waals surface area contributed by atoms with Crippen LogP contribution < -0.4 is 13.1 Å². The van der Waals surface area contributed by atoms with Gasteiger partial charge in [0, 0.05) is 0 Å². The van der Waals surface area contributed by atoms with Gasteiger partial charge in [0.2, 0.25) is 0 Å². The summed E-state index contributed by atoms with van der Waals surface area (Å²) in [4.78, 5) is 0. The molecule has 0 saturated heterocycles. The molecular weight excluding hydrogens is 363 g/mol. The van der Waals surface area contributed by atoms with Crippen LogP contribution in [0.2, 0.25) is 0 Å². The molecule has 0 atom stereocenters. The zero-order valence-corrected chi connectivity index (χ0v) is 18.0. The van der Waals surface area contributed by atoms with Gasteiger partial charge in [-0.05, 0) is 0 Å². The molecule has 0 bridgehead atoms. The van der Waals surface area contributed by atoms with Crippen molar-refractivity contribution in [3.63, 3.8) is 0 Å². The maximum atomic E-state index is 2.37. The van der Waals surface area contributed by atoms with E-state index in [1.54, 1.807) is 13.1 Å². The second kappa shape index (κ2) is 7.22. The summed E-state index contributed by atoms with van der Waals surface area (Å²) in [6.07, 6.45) is 0. The molecule has 3 aromatic carbocycles. The SMILES string of the molecule is Cc1cccc([As](c2cccc(C)c2C)c2cccc(C)c2C)c1C. The molecule has 0 heterocycles. The van der Waals surface area contributed by atoms with E-state index in [2.05, 4.69) is 96.1 Å². The van der Waals surface area contributed by atoms with Gasteiger partial charge in [-0.2, -0.15) is 0 Å². The van der Waals surface area contributed by atoms with Crippen LogP contribution in [0, 0.1) is 41.5 Å². The third-order valence-electron chi connectivity index (χ3n) is 5.45. The predicted molar refractivity (Wildman–Crippen MR) is 112 cm³/mol. The Labute approximate surface area is 157 Å². The molecule has 0 aromatic heterocycles. The standard InChI is InChI=1S/C24H27As/c1-16-10-7-13-22(19(16)4)25(23-14-8-11-17(2)20(23)5)24-15-9-12-18(3)21(24)6/h7-15H,1-6H3. The van der Waals surface area contributed by atoms with Crippen molar-refractivity contribution in [2.75, 3.05) is 0 Å². The van der Waals surface area contributed by atoms with Crippen LogP contribution in [0.5, 0.6) is 0 Å². The summed E-state index contributed by atoms with van der Waals surface area (Å²) in [6, 6.07) is 20.5. The van der Waals surface area contributed by atoms with Crippen LogP contribution in [-0.2, 0) is 0 Å². The monoisotopic (exact) mass is 390 g/mol. The molecule has 3 rings (SSSR count). The van der Waals surface area contributed by atoms with Gasteiger partial charge in [-0.3, -0.25) is 0 Å². The van der Waals surface area contributed by atoms with E-state index in [0.717, 1.165) is 0 Å². The molecule has 0 N–H and O–H groups in total. The van der Waals surface area contributed by atoms with Crippen molar-refractivity contribution in [2.45, 2.75) is 41.5 Å². The summed E-state index contributed by atoms with van der Waals surface area (Å²) >= 11 is -1.60. The van der Waals surface area contributed by atoms with Crippen molar-refractivity contribution < 1.29 is 0 Å². The summed E-state index contributed by atoms with van der Waals surface area (Å²) in [5.41, 5.74) is 8.57. The number of hydrogen-bond donors (Lipinski definition) is 0. The summed E-state index contributed by atoms with van der Waals surface area (Å²) in [6.45, 7) is 13.6. The first-order valence-electron chi connectivity index (χ1n) is 8.90. The molecule has 0 radical (unpaired) electrons. The molecule has 25 heavy (non-hydrogen) atoms. The summed E-state index contributed by atoms with van der Waals surface area (Å²) in [7, 11) is 0. The van der Waals surface area contributed by atoms with Crippen LogP contribution >= 0.6 is 0 Å². The van der Waals surface area contributed by atoms with Crippen molar-refractivity contribution in [3.8, 4) is 0 Å². The van der Waals surface area contributed by atoms with Gasteiger partial charge in [0.05, 0.1) is 0 Å². The van der Waals surface area contributed by atoms with Crippen LogP contribution in [0.1, 0.15) is 33.4 Å². The molecule has 0 nitrogen and oxygen atoms in total. The first-order valence-corrected chi connectivity index (χ1v) is 11.7. The van der Waals surface area contributed by atoms with Gasteiger partial charge in [0.15, 0.2) is 0 Å². The van der Waals surface area contributed by atoms with Crippen molar-refractivity contribution in [3.05, 3.63) is 88.0 Å². The van der Waals surface area contributed by atoms with Crippen molar-refractivity contribution in [1.29, 1.82) is 0 Å². The molecule has 0 aliphatic rings. The molecule has 0 aliphatic heterocycles. The minimum atomic E-state index is -1.60. The molecular formula is C24H27As. The third kappa shape index (κ3) is 3.33. The third-order valence-corrected chi connectivity index (χ3v) is 11.5. The number of rotatable bonds is 3. The fourth-order valence-corrected chi connectivity index (χ4v) is 9.66. The van der Waals surface area contributed by atoms with Crippen LogP contribution in [-0.4, -0.2) is 14.7 Å². The van der Waals surface area contributed by atoms with Gasteiger partial charge < -0.3 is 0 Å². The van der Waals surface area contributed by atoms with Crippen LogP contribution in [0.3, 0.4) is 0 Å². The van der Waals surface area contributed by atoms with Crippen molar-refractivity contribution in [1.82, 2.24) is 0 Å². The molecule has 1 heteroatoms. The topological polar surface area (TPSA) is 0 Å². The Balaban J connectivity index is 2.35. The molecule has 0 spiro atoms. The van der Waals surface area contributed by atoms with E-state index in [-0.39, 0.29) is 0 Å². The fraction of sp³-hybridized carbons (Fsp3) is 0.250. The first kappa shape index (κ1) is 18.0. The van der Waals surface area contributed by atoms with E-state index < -0.39 is 14.7 Å². The number of hydrogen-bond acceptors (Lipinski definition) is 0. The van der Waals surface area contributed by atoms with Crippen molar-refractivity contribution >= 4 is 27.7 Å². The Morgan fingerprint density at radius 3 is 1.00 bits per heavy atom. The van der Waals surface area contributed by atoms with Gasteiger partial charge >= 0.3 is 157 Å². The Morgan fingerprint density at radius 2 is 0.720 bits per heavy atom. The second-order valence-corrected chi connectivity index (χ2v) is 11.4. The Morgan fingerprint density at radius 1 is 0.440 bits per heavy atom. The summed E-state index contributed by atoms with van der Waals surface area (Å²) in [5, 5.41) is 0. The van der Waals surface area contributed by atoms with Crippen LogP contribution in [0.15, 0.2) is 54.6 Å². The minimum absolute atomic E-state index is 1.40. The van der Waals surface area contributed by atoms with Crippen molar-refractivity contribution in [2.24, 2.45) is 0 Å². The quantitative estimate of drug-likeness (QED) is 0.592. The molecule has 0 aliphatic carbocycles. The van der Waals surface area contributed by atoms with Gasteiger partial charge in [0.25, 0.3) is 0 Å². The molecule has 3 aromatic rings. The second-order valence-electron chi connectivity index (χ2n) is 6.99. The van der Waals surface area contributed by atoms with E-state index in [1.807, 2.05) is 0 Å². The molecule has 128 valence electrons. The Kier molecular flexibility index (Phi) is 5.21. The molecule has 0 unspecified atom stereocenters. The number of benzene rings is 3. The van der Waals surface area contributed by atoms with Gasteiger partial charge in [0.1, 0.15) is 0 Å². The number of aryl methyl sites for hydroxylation is 3. The van der Waals surface area contributed by atoms with E-state index >= 15 is 0 Å². The van der Waals surface area contributed by atoms with E-state index in [9.17, 15) is 0 Å².